The molecule has 1 aromatic carbocycles. The zero-order valence-corrected chi connectivity index (χ0v) is 12.5. The van der Waals surface area contributed by atoms with Crippen LogP contribution < -0.4 is 0 Å². The topological polar surface area (TPSA) is 72.8 Å². The summed E-state index contributed by atoms with van der Waals surface area (Å²) in [5, 5.41) is 8.80. The highest BCUT2D eigenvalue weighted by Gasteiger charge is 2.13. The lowest BCUT2D eigenvalue weighted by molar-refractivity contribution is -0.120. The molecule has 20 heavy (non-hydrogen) atoms. The molecular weight excluding hydrogens is 280 g/mol. The van der Waals surface area contributed by atoms with Crippen molar-refractivity contribution in [2.75, 3.05) is 19.0 Å². The van der Waals surface area contributed by atoms with Crippen LogP contribution in [-0.2, 0) is 26.0 Å². The monoisotopic (exact) mass is 300 g/mol. The van der Waals surface area contributed by atoms with Gasteiger partial charge in [0.15, 0.2) is 6.29 Å². The molecule has 0 saturated carbocycles. The van der Waals surface area contributed by atoms with Crippen LogP contribution in [0.5, 0.6) is 0 Å². The zero-order valence-electron chi connectivity index (χ0n) is 11.7. The molecule has 0 spiro atoms. The SMILES string of the molecule is CCOC(CS(=O)Cc1ccc(C(=O)O)cc1)OCC. The highest BCUT2D eigenvalue weighted by molar-refractivity contribution is 7.84. The normalized spacial score (nSPS) is 12.6. The van der Waals surface area contributed by atoms with E-state index in [0.29, 0.717) is 24.7 Å². The summed E-state index contributed by atoms with van der Waals surface area (Å²) in [6.45, 7) is 4.74. The van der Waals surface area contributed by atoms with Crippen molar-refractivity contribution in [1.29, 1.82) is 0 Å². The molecule has 0 radical (unpaired) electrons. The molecule has 0 aliphatic heterocycles. The fourth-order valence-electron chi connectivity index (χ4n) is 1.66. The van der Waals surface area contributed by atoms with Gasteiger partial charge in [0, 0.05) is 29.8 Å². The van der Waals surface area contributed by atoms with E-state index in [2.05, 4.69) is 0 Å². The Labute approximate surface area is 121 Å². The summed E-state index contributed by atoms with van der Waals surface area (Å²) < 4.78 is 22.7. The van der Waals surface area contributed by atoms with Gasteiger partial charge < -0.3 is 14.6 Å². The Morgan fingerprint density at radius 1 is 1.20 bits per heavy atom. The van der Waals surface area contributed by atoms with E-state index >= 15 is 0 Å². The van der Waals surface area contributed by atoms with Crippen LogP contribution in [0.1, 0.15) is 29.8 Å². The van der Waals surface area contributed by atoms with E-state index in [1.54, 1.807) is 12.1 Å². The third-order valence-corrected chi connectivity index (χ3v) is 3.85. The fraction of sp³-hybridized carbons (Fsp3) is 0.500. The molecule has 6 heteroatoms. The van der Waals surface area contributed by atoms with Crippen molar-refractivity contribution in [2.24, 2.45) is 0 Å². The van der Waals surface area contributed by atoms with Gasteiger partial charge >= 0.3 is 5.97 Å². The van der Waals surface area contributed by atoms with E-state index in [4.69, 9.17) is 14.6 Å². The Hall–Kier alpha value is -1.24. The van der Waals surface area contributed by atoms with Crippen LogP contribution >= 0.6 is 0 Å². The van der Waals surface area contributed by atoms with Crippen LogP contribution in [0, 0.1) is 0 Å². The molecule has 5 nitrogen and oxygen atoms in total. The smallest absolute Gasteiger partial charge is 0.335 e. The number of hydrogen-bond acceptors (Lipinski definition) is 4. The number of ether oxygens (including phenoxy) is 2. The standard InChI is InChI=1S/C14H20O5S/c1-3-18-13(19-4-2)10-20(17)9-11-5-7-12(8-6-11)14(15)16/h5-8,13H,3-4,9-10H2,1-2H3,(H,15,16). The number of aromatic carboxylic acids is 1. The molecule has 0 heterocycles. The predicted octanol–water partition coefficient (Wildman–Crippen LogP) is 2.03. The molecule has 112 valence electrons. The number of carboxylic acid groups (broad SMARTS) is 1. The van der Waals surface area contributed by atoms with E-state index in [1.165, 1.54) is 12.1 Å². The van der Waals surface area contributed by atoms with Crippen LogP contribution in [0.2, 0.25) is 0 Å². The molecule has 0 aromatic heterocycles. The quantitative estimate of drug-likeness (QED) is 0.706. The predicted molar refractivity (Wildman–Crippen MR) is 77.2 cm³/mol. The van der Waals surface area contributed by atoms with Gasteiger partial charge in [-0.3, -0.25) is 4.21 Å². The second-order valence-electron chi connectivity index (χ2n) is 4.09. The van der Waals surface area contributed by atoms with Crippen molar-refractivity contribution in [3.05, 3.63) is 35.4 Å². The molecule has 0 fully saturated rings. The van der Waals surface area contributed by atoms with Gasteiger partial charge in [0.05, 0.1) is 11.3 Å². The summed E-state index contributed by atoms with van der Waals surface area (Å²) in [6.07, 6.45) is -0.455. The van der Waals surface area contributed by atoms with E-state index in [-0.39, 0.29) is 5.56 Å². The minimum atomic E-state index is -1.12. The number of rotatable bonds is 9. The summed E-state index contributed by atoms with van der Waals surface area (Å²) in [6, 6.07) is 6.38. The van der Waals surface area contributed by atoms with Crippen LogP contribution in [-0.4, -0.2) is 40.5 Å². The van der Waals surface area contributed by atoms with Gasteiger partial charge in [-0.25, -0.2) is 4.79 Å². The molecule has 1 aromatic rings. The number of carboxylic acids is 1. The van der Waals surface area contributed by atoms with Gasteiger partial charge in [0.2, 0.25) is 0 Å². The molecule has 0 aliphatic carbocycles. The van der Waals surface area contributed by atoms with Crippen LogP contribution in [0.3, 0.4) is 0 Å². The molecule has 0 aliphatic rings. The van der Waals surface area contributed by atoms with Gasteiger partial charge in [-0.15, -0.1) is 0 Å². The van der Waals surface area contributed by atoms with E-state index < -0.39 is 23.1 Å². The van der Waals surface area contributed by atoms with Crippen molar-refractivity contribution in [3.8, 4) is 0 Å². The molecule has 0 saturated heterocycles. The average Bonchev–Trinajstić information content (AvgIpc) is 2.39. The van der Waals surface area contributed by atoms with Gasteiger partial charge in [-0.1, -0.05) is 12.1 Å². The summed E-state index contributed by atoms with van der Waals surface area (Å²) >= 11 is 0. The van der Waals surface area contributed by atoms with Crippen LogP contribution in [0.4, 0.5) is 0 Å². The Balaban J connectivity index is 2.54. The highest BCUT2D eigenvalue weighted by atomic mass is 32.2. The maximum atomic E-state index is 12.0. The third-order valence-electron chi connectivity index (χ3n) is 2.56. The van der Waals surface area contributed by atoms with Gasteiger partial charge in [0.1, 0.15) is 0 Å². The molecular formula is C14H20O5S. The Morgan fingerprint density at radius 2 is 1.75 bits per heavy atom. The Morgan fingerprint density at radius 3 is 2.20 bits per heavy atom. The number of carbonyl (C=O) groups is 1. The molecule has 1 N–H and O–H groups in total. The maximum absolute atomic E-state index is 12.0. The minimum Gasteiger partial charge on any atom is -0.478 e. The largest absolute Gasteiger partial charge is 0.478 e. The lowest BCUT2D eigenvalue weighted by atomic mass is 10.1. The summed E-state index contributed by atoms with van der Waals surface area (Å²) in [4.78, 5) is 10.7. The van der Waals surface area contributed by atoms with Gasteiger partial charge in [-0.05, 0) is 31.5 Å². The zero-order chi connectivity index (χ0) is 15.0. The third kappa shape index (κ3) is 5.81. The number of hydrogen-bond donors (Lipinski definition) is 1. The second kappa shape index (κ2) is 8.84. The fourth-order valence-corrected chi connectivity index (χ4v) is 2.83. The molecule has 0 bridgehead atoms. The summed E-state index contributed by atoms with van der Waals surface area (Å²) in [7, 11) is -1.12. The summed E-state index contributed by atoms with van der Waals surface area (Å²) in [5.74, 6) is -0.302. The van der Waals surface area contributed by atoms with Gasteiger partial charge in [-0.2, -0.15) is 0 Å². The Kier molecular flexibility index (Phi) is 7.43. The first-order chi connectivity index (χ1) is 9.56. The first-order valence-electron chi connectivity index (χ1n) is 6.47. The van der Waals surface area contributed by atoms with E-state index in [1.807, 2.05) is 13.8 Å². The molecule has 0 amide bonds. The maximum Gasteiger partial charge on any atom is 0.335 e. The summed E-state index contributed by atoms with van der Waals surface area (Å²) in [5.41, 5.74) is 1.06. The Bertz CT molecular complexity index is 437. The lowest BCUT2D eigenvalue weighted by Crippen LogP contribution is -2.25. The first kappa shape index (κ1) is 16.8. The van der Waals surface area contributed by atoms with Crippen molar-refractivity contribution in [1.82, 2.24) is 0 Å². The molecule has 1 rings (SSSR count). The van der Waals surface area contributed by atoms with Crippen molar-refractivity contribution < 1.29 is 23.6 Å². The number of benzene rings is 1. The lowest BCUT2D eigenvalue weighted by Gasteiger charge is -2.16. The second-order valence-corrected chi connectivity index (χ2v) is 5.59. The van der Waals surface area contributed by atoms with E-state index in [9.17, 15) is 9.00 Å². The van der Waals surface area contributed by atoms with Crippen molar-refractivity contribution in [2.45, 2.75) is 25.9 Å². The highest BCUT2D eigenvalue weighted by Crippen LogP contribution is 2.09. The van der Waals surface area contributed by atoms with Crippen molar-refractivity contribution in [3.63, 3.8) is 0 Å². The molecule has 1 unspecified atom stereocenters. The van der Waals surface area contributed by atoms with Crippen LogP contribution in [0.25, 0.3) is 0 Å². The molecule has 1 atom stereocenters. The first-order valence-corrected chi connectivity index (χ1v) is 7.96. The van der Waals surface area contributed by atoms with Crippen LogP contribution in [0.15, 0.2) is 24.3 Å². The minimum absolute atomic E-state index is 0.223. The van der Waals surface area contributed by atoms with Crippen molar-refractivity contribution >= 4 is 16.8 Å². The van der Waals surface area contributed by atoms with E-state index in [0.717, 1.165) is 5.56 Å². The van der Waals surface area contributed by atoms with Gasteiger partial charge in [0.25, 0.3) is 0 Å². The average molecular weight is 300 g/mol.